The van der Waals surface area contributed by atoms with Gasteiger partial charge in [-0.15, -0.1) is 10.2 Å². The number of thioether (sulfide) groups is 1. The Balaban J connectivity index is 2.09. The van der Waals surface area contributed by atoms with Crippen molar-refractivity contribution in [2.45, 2.75) is 44.9 Å². The van der Waals surface area contributed by atoms with Crippen LogP contribution >= 0.6 is 23.4 Å². The Hall–Kier alpha value is -1.53. The number of carbonyl (C=O) groups is 1. The number of nitrogens with one attached hydrogen (secondary N) is 1. The van der Waals surface area contributed by atoms with Crippen LogP contribution in [-0.2, 0) is 11.3 Å². The number of benzene rings is 1. The first-order valence-corrected chi connectivity index (χ1v) is 9.02. The van der Waals surface area contributed by atoms with Crippen LogP contribution in [-0.4, -0.2) is 32.5 Å². The molecule has 0 aliphatic heterocycles. The minimum absolute atomic E-state index is 0.0167. The summed E-state index contributed by atoms with van der Waals surface area (Å²) in [6.07, 6.45) is 0.919. The summed E-state index contributed by atoms with van der Waals surface area (Å²) in [6, 6.07) is 7.69. The smallest absolute Gasteiger partial charge is 0.230 e. The number of nitrogens with zero attached hydrogens (tertiary/aromatic N) is 3. The molecule has 124 valence electrons. The van der Waals surface area contributed by atoms with Gasteiger partial charge in [-0.25, -0.2) is 0 Å². The number of carbonyl (C=O) groups excluding carboxylic acids is 1. The van der Waals surface area contributed by atoms with E-state index in [1.165, 1.54) is 11.8 Å². The van der Waals surface area contributed by atoms with Crippen LogP contribution in [0.2, 0.25) is 5.02 Å². The molecule has 0 fully saturated rings. The Morgan fingerprint density at radius 1 is 1.30 bits per heavy atom. The lowest BCUT2D eigenvalue weighted by Crippen LogP contribution is -2.33. The molecule has 0 spiro atoms. The third-order valence-electron chi connectivity index (χ3n) is 3.49. The molecule has 1 N–H and O–H groups in total. The summed E-state index contributed by atoms with van der Waals surface area (Å²) in [5.41, 5.74) is 0.958. The third kappa shape index (κ3) is 4.72. The molecule has 23 heavy (non-hydrogen) atoms. The fraction of sp³-hybridized carbons (Fsp3) is 0.438. The van der Waals surface area contributed by atoms with Crippen LogP contribution < -0.4 is 5.32 Å². The molecule has 0 saturated carbocycles. The van der Waals surface area contributed by atoms with Gasteiger partial charge in [0.05, 0.1) is 5.75 Å². The van der Waals surface area contributed by atoms with Gasteiger partial charge in [0.15, 0.2) is 11.0 Å². The van der Waals surface area contributed by atoms with Gasteiger partial charge in [-0.1, -0.05) is 30.3 Å². The van der Waals surface area contributed by atoms with E-state index in [1.54, 1.807) is 0 Å². The average molecular weight is 353 g/mol. The molecule has 1 atom stereocenters. The van der Waals surface area contributed by atoms with Crippen molar-refractivity contribution >= 4 is 29.3 Å². The second-order valence-corrected chi connectivity index (χ2v) is 6.60. The van der Waals surface area contributed by atoms with Gasteiger partial charge < -0.3 is 9.88 Å². The maximum Gasteiger partial charge on any atom is 0.230 e. The largest absolute Gasteiger partial charge is 0.353 e. The topological polar surface area (TPSA) is 59.8 Å². The van der Waals surface area contributed by atoms with Crippen LogP contribution in [0.15, 0.2) is 29.4 Å². The second-order valence-electron chi connectivity index (χ2n) is 5.22. The summed E-state index contributed by atoms with van der Waals surface area (Å²) in [5, 5.41) is 12.9. The van der Waals surface area contributed by atoms with E-state index < -0.39 is 0 Å². The molecule has 0 aliphatic carbocycles. The predicted octanol–water partition coefficient (Wildman–Crippen LogP) is 3.63. The van der Waals surface area contributed by atoms with Gasteiger partial charge in [0.25, 0.3) is 0 Å². The molecule has 1 aromatic carbocycles. The highest BCUT2D eigenvalue weighted by Crippen LogP contribution is 2.24. The van der Waals surface area contributed by atoms with Crippen LogP contribution in [0.5, 0.6) is 0 Å². The number of amides is 1. The van der Waals surface area contributed by atoms with Gasteiger partial charge in [-0.3, -0.25) is 4.79 Å². The maximum atomic E-state index is 11.9. The summed E-state index contributed by atoms with van der Waals surface area (Å²) >= 11 is 7.33. The Morgan fingerprint density at radius 2 is 2.00 bits per heavy atom. The summed E-state index contributed by atoms with van der Waals surface area (Å²) in [7, 11) is 0. The van der Waals surface area contributed by atoms with E-state index in [0.29, 0.717) is 10.8 Å². The van der Waals surface area contributed by atoms with E-state index in [-0.39, 0.29) is 11.9 Å². The highest BCUT2D eigenvalue weighted by atomic mass is 35.5. The molecule has 0 unspecified atom stereocenters. The van der Waals surface area contributed by atoms with Crippen molar-refractivity contribution in [2.75, 3.05) is 5.75 Å². The molecule has 0 saturated heterocycles. The number of rotatable bonds is 7. The maximum absolute atomic E-state index is 11.9. The van der Waals surface area contributed by atoms with E-state index in [0.717, 1.165) is 29.5 Å². The lowest BCUT2D eigenvalue weighted by Gasteiger charge is -2.11. The first kappa shape index (κ1) is 17.8. The Labute approximate surface area is 145 Å². The summed E-state index contributed by atoms with van der Waals surface area (Å²) in [6.45, 7) is 6.81. The molecule has 0 aliphatic rings. The molecule has 1 amide bonds. The van der Waals surface area contributed by atoms with Gasteiger partial charge in [0.2, 0.25) is 5.91 Å². The average Bonchev–Trinajstić information content (AvgIpc) is 2.96. The fourth-order valence-corrected chi connectivity index (χ4v) is 2.98. The van der Waals surface area contributed by atoms with E-state index in [4.69, 9.17) is 11.6 Å². The zero-order valence-electron chi connectivity index (χ0n) is 13.5. The lowest BCUT2D eigenvalue weighted by molar-refractivity contribution is -0.119. The van der Waals surface area contributed by atoms with Crippen molar-refractivity contribution in [3.8, 4) is 11.4 Å². The van der Waals surface area contributed by atoms with Crippen molar-refractivity contribution in [1.29, 1.82) is 0 Å². The van der Waals surface area contributed by atoms with Crippen LogP contribution in [0.25, 0.3) is 11.4 Å². The van der Waals surface area contributed by atoms with Gasteiger partial charge >= 0.3 is 0 Å². The summed E-state index contributed by atoms with van der Waals surface area (Å²) < 4.78 is 2.00. The molecular formula is C16H21ClN4OS. The Morgan fingerprint density at radius 3 is 2.61 bits per heavy atom. The van der Waals surface area contributed by atoms with Crippen molar-refractivity contribution in [3.05, 3.63) is 29.3 Å². The van der Waals surface area contributed by atoms with Crippen LogP contribution in [0.4, 0.5) is 0 Å². The molecule has 0 bridgehead atoms. The van der Waals surface area contributed by atoms with Gasteiger partial charge in [0, 0.05) is 23.2 Å². The van der Waals surface area contributed by atoms with Crippen molar-refractivity contribution < 1.29 is 4.79 Å². The molecule has 0 radical (unpaired) electrons. The van der Waals surface area contributed by atoms with Crippen LogP contribution in [0, 0.1) is 0 Å². The molecule has 2 aromatic rings. The van der Waals surface area contributed by atoms with Crippen molar-refractivity contribution in [1.82, 2.24) is 20.1 Å². The zero-order valence-corrected chi connectivity index (χ0v) is 15.1. The lowest BCUT2D eigenvalue weighted by atomic mass is 10.2. The standard InChI is InChI=1S/C16H21ClN4OS/c1-4-11(3)18-14(22)10-23-16-20-19-15(21(16)5-2)12-6-8-13(17)9-7-12/h6-9,11H,4-5,10H2,1-3H3,(H,18,22)/t11-/m1/s1. The quantitative estimate of drug-likeness (QED) is 0.773. The first-order valence-electron chi connectivity index (χ1n) is 7.66. The molecule has 2 rings (SSSR count). The van der Waals surface area contributed by atoms with Gasteiger partial charge in [-0.05, 0) is 44.5 Å². The normalized spacial score (nSPS) is 12.2. The highest BCUT2D eigenvalue weighted by molar-refractivity contribution is 7.99. The van der Waals surface area contributed by atoms with E-state index >= 15 is 0 Å². The van der Waals surface area contributed by atoms with Gasteiger partial charge in [0.1, 0.15) is 0 Å². The number of aromatic nitrogens is 3. The van der Waals surface area contributed by atoms with Gasteiger partial charge in [-0.2, -0.15) is 0 Å². The fourth-order valence-electron chi connectivity index (χ4n) is 2.04. The monoisotopic (exact) mass is 352 g/mol. The number of hydrogen-bond donors (Lipinski definition) is 1. The minimum Gasteiger partial charge on any atom is -0.353 e. The Kier molecular flexibility index (Phi) is 6.47. The predicted molar refractivity (Wildman–Crippen MR) is 94.8 cm³/mol. The number of hydrogen-bond acceptors (Lipinski definition) is 4. The zero-order chi connectivity index (χ0) is 16.8. The number of halogens is 1. The third-order valence-corrected chi connectivity index (χ3v) is 4.71. The molecule has 5 nitrogen and oxygen atoms in total. The second kappa shape index (κ2) is 8.36. The molecule has 1 aromatic heterocycles. The van der Waals surface area contributed by atoms with Crippen LogP contribution in [0.3, 0.4) is 0 Å². The summed E-state index contributed by atoms with van der Waals surface area (Å²) in [5.74, 6) is 1.14. The summed E-state index contributed by atoms with van der Waals surface area (Å²) in [4.78, 5) is 11.9. The molecule has 7 heteroatoms. The first-order chi connectivity index (χ1) is 11.0. The molecule has 1 heterocycles. The van der Waals surface area contributed by atoms with Crippen molar-refractivity contribution in [3.63, 3.8) is 0 Å². The highest BCUT2D eigenvalue weighted by Gasteiger charge is 2.15. The van der Waals surface area contributed by atoms with E-state index in [1.807, 2.05) is 49.6 Å². The van der Waals surface area contributed by atoms with E-state index in [9.17, 15) is 4.79 Å². The van der Waals surface area contributed by atoms with E-state index in [2.05, 4.69) is 15.5 Å². The van der Waals surface area contributed by atoms with Crippen molar-refractivity contribution in [2.24, 2.45) is 0 Å². The minimum atomic E-state index is 0.0167. The molecular weight excluding hydrogens is 332 g/mol. The SMILES string of the molecule is CC[C@@H](C)NC(=O)CSc1nnc(-c2ccc(Cl)cc2)n1CC. The Bertz CT molecular complexity index is 657. The van der Waals surface area contributed by atoms with Crippen LogP contribution in [0.1, 0.15) is 27.2 Å².